The van der Waals surface area contributed by atoms with Crippen LogP contribution in [-0.2, 0) is 6.54 Å². The molecule has 0 saturated carbocycles. The van der Waals surface area contributed by atoms with Gasteiger partial charge in [0.2, 0.25) is 0 Å². The molecule has 1 aromatic rings. The van der Waals surface area contributed by atoms with E-state index in [0.717, 1.165) is 13.1 Å². The second-order valence-electron chi connectivity index (χ2n) is 2.40. The number of halogens is 2. The molecule has 1 N–H and O–H groups in total. The maximum atomic E-state index is 5.66. The fourth-order valence-electron chi connectivity index (χ4n) is 0.792. The van der Waals surface area contributed by atoms with Crippen LogP contribution in [0.2, 0.25) is 0 Å². The molecule has 0 aliphatic heterocycles. The Kier molecular flexibility index (Phi) is 4.82. The van der Waals surface area contributed by atoms with Crippen LogP contribution in [0.5, 0.6) is 0 Å². The van der Waals surface area contributed by atoms with Gasteiger partial charge in [-0.15, -0.1) is 5.10 Å². The summed E-state index contributed by atoms with van der Waals surface area (Å²) in [5.74, 6) is 0. The van der Waals surface area contributed by atoms with E-state index in [4.69, 9.17) is 23.2 Å². The van der Waals surface area contributed by atoms with Crippen molar-refractivity contribution in [2.24, 2.45) is 0 Å². The van der Waals surface area contributed by atoms with E-state index in [-0.39, 0.29) is 0 Å². The van der Waals surface area contributed by atoms with Crippen molar-refractivity contribution in [1.82, 2.24) is 20.3 Å². The minimum atomic E-state index is 0.583. The normalized spacial score (nSPS) is 12.0. The number of nitrogens with one attached hydrogen (secondary N) is 1. The predicted molar refractivity (Wildman–Crippen MR) is 52.7 cm³/mol. The van der Waals surface area contributed by atoms with Gasteiger partial charge in [0.1, 0.15) is 0 Å². The first-order chi connectivity index (χ1) is 6.33. The van der Waals surface area contributed by atoms with E-state index >= 15 is 0 Å². The lowest BCUT2D eigenvalue weighted by atomic mass is 10.5. The highest BCUT2D eigenvalue weighted by Crippen LogP contribution is 1.99. The summed E-state index contributed by atoms with van der Waals surface area (Å²) in [7, 11) is 0. The second kappa shape index (κ2) is 5.96. The number of nitrogens with zero attached hydrogens (tertiary/aromatic N) is 3. The molecule has 1 aromatic heterocycles. The molecule has 72 valence electrons. The van der Waals surface area contributed by atoms with Crippen molar-refractivity contribution in [1.29, 1.82) is 0 Å². The Morgan fingerprint density at radius 1 is 1.62 bits per heavy atom. The zero-order chi connectivity index (χ0) is 9.52. The zero-order valence-electron chi connectivity index (χ0n) is 6.95. The van der Waals surface area contributed by atoms with Crippen LogP contribution in [0.3, 0.4) is 0 Å². The SMILES string of the molecule is Cl/C=C(/Cl)CNCCn1ccnn1. The van der Waals surface area contributed by atoms with E-state index < -0.39 is 0 Å². The molecule has 0 saturated heterocycles. The molecule has 6 heteroatoms. The fourth-order valence-corrected chi connectivity index (χ4v) is 0.964. The van der Waals surface area contributed by atoms with Crippen molar-refractivity contribution < 1.29 is 0 Å². The van der Waals surface area contributed by atoms with Crippen molar-refractivity contribution in [2.75, 3.05) is 13.1 Å². The molecule has 0 aromatic carbocycles. The van der Waals surface area contributed by atoms with Crippen LogP contribution in [-0.4, -0.2) is 28.1 Å². The van der Waals surface area contributed by atoms with Crippen LogP contribution in [0, 0.1) is 0 Å². The quantitative estimate of drug-likeness (QED) is 0.759. The van der Waals surface area contributed by atoms with E-state index in [1.54, 1.807) is 17.1 Å². The van der Waals surface area contributed by atoms with E-state index in [1.807, 2.05) is 0 Å². The van der Waals surface area contributed by atoms with Crippen molar-refractivity contribution in [3.8, 4) is 0 Å². The van der Waals surface area contributed by atoms with Crippen molar-refractivity contribution in [3.63, 3.8) is 0 Å². The van der Waals surface area contributed by atoms with Crippen molar-refractivity contribution >= 4 is 23.2 Å². The predicted octanol–water partition coefficient (Wildman–Crippen LogP) is 1.19. The van der Waals surface area contributed by atoms with Crippen LogP contribution < -0.4 is 5.32 Å². The smallest absolute Gasteiger partial charge is 0.0692 e. The molecular weight excluding hydrogens is 211 g/mol. The molecule has 0 fully saturated rings. The maximum absolute atomic E-state index is 5.66. The number of hydrogen-bond donors (Lipinski definition) is 1. The molecule has 0 aliphatic carbocycles. The maximum Gasteiger partial charge on any atom is 0.0692 e. The Morgan fingerprint density at radius 3 is 3.08 bits per heavy atom. The lowest BCUT2D eigenvalue weighted by Crippen LogP contribution is -2.21. The molecule has 0 atom stereocenters. The van der Waals surface area contributed by atoms with Gasteiger partial charge in [-0.1, -0.05) is 28.4 Å². The Bertz CT molecular complexity index is 257. The van der Waals surface area contributed by atoms with Gasteiger partial charge in [-0.3, -0.25) is 4.68 Å². The van der Waals surface area contributed by atoms with Gasteiger partial charge in [0.15, 0.2) is 0 Å². The van der Waals surface area contributed by atoms with Gasteiger partial charge in [-0.05, 0) is 0 Å². The Balaban J connectivity index is 2.08. The highest BCUT2D eigenvalue weighted by atomic mass is 35.5. The van der Waals surface area contributed by atoms with Gasteiger partial charge in [0, 0.05) is 29.9 Å². The van der Waals surface area contributed by atoms with E-state index in [9.17, 15) is 0 Å². The van der Waals surface area contributed by atoms with Gasteiger partial charge >= 0.3 is 0 Å². The van der Waals surface area contributed by atoms with Gasteiger partial charge in [0.05, 0.1) is 12.7 Å². The molecule has 4 nitrogen and oxygen atoms in total. The molecule has 1 heterocycles. The standard InChI is InChI=1S/C7H10Cl2N4/c8-5-7(9)6-10-1-3-13-4-2-11-12-13/h2,4-5,10H,1,3,6H2/b7-5+. The van der Waals surface area contributed by atoms with Crippen LogP contribution in [0.15, 0.2) is 23.0 Å². The summed E-state index contributed by atoms with van der Waals surface area (Å²) >= 11 is 11.0. The Morgan fingerprint density at radius 2 is 2.46 bits per heavy atom. The topological polar surface area (TPSA) is 42.7 Å². The van der Waals surface area contributed by atoms with E-state index in [2.05, 4.69) is 15.6 Å². The zero-order valence-corrected chi connectivity index (χ0v) is 8.46. The summed E-state index contributed by atoms with van der Waals surface area (Å²) in [6, 6.07) is 0. The van der Waals surface area contributed by atoms with Crippen LogP contribution in [0.1, 0.15) is 0 Å². The van der Waals surface area contributed by atoms with Gasteiger partial charge in [0.25, 0.3) is 0 Å². The van der Waals surface area contributed by atoms with Crippen molar-refractivity contribution in [2.45, 2.75) is 6.54 Å². The average molecular weight is 221 g/mol. The average Bonchev–Trinajstić information content (AvgIpc) is 2.64. The minimum absolute atomic E-state index is 0.583. The third-order valence-electron chi connectivity index (χ3n) is 1.40. The summed E-state index contributed by atoms with van der Waals surface area (Å²) in [5, 5.41) is 11.2. The molecule has 13 heavy (non-hydrogen) atoms. The summed E-state index contributed by atoms with van der Waals surface area (Å²) in [6.45, 7) is 2.14. The monoisotopic (exact) mass is 220 g/mol. The lowest BCUT2D eigenvalue weighted by molar-refractivity contribution is 0.554. The minimum Gasteiger partial charge on any atom is -0.310 e. The second-order valence-corrected chi connectivity index (χ2v) is 3.10. The summed E-state index contributed by atoms with van der Waals surface area (Å²) in [6.07, 6.45) is 3.45. The first-order valence-corrected chi connectivity index (χ1v) is 4.64. The first-order valence-electron chi connectivity index (χ1n) is 3.82. The van der Waals surface area contributed by atoms with Crippen LogP contribution in [0.4, 0.5) is 0 Å². The molecule has 1 rings (SSSR count). The third kappa shape index (κ3) is 4.26. The number of aromatic nitrogens is 3. The lowest BCUT2D eigenvalue weighted by Gasteiger charge is -2.02. The molecular formula is C7H10Cl2N4. The van der Waals surface area contributed by atoms with Gasteiger partial charge in [-0.2, -0.15) is 0 Å². The molecule has 0 unspecified atom stereocenters. The van der Waals surface area contributed by atoms with Crippen LogP contribution >= 0.6 is 23.2 Å². The van der Waals surface area contributed by atoms with Gasteiger partial charge < -0.3 is 5.32 Å². The fraction of sp³-hybridized carbons (Fsp3) is 0.429. The summed E-state index contributed by atoms with van der Waals surface area (Å²) in [4.78, 5) is 0. The molecule has 0 amide bonds. The highest BCUT2D eigenvalue weighted by molar-refractivity contribution is 6.36. The van der Waals surface area contributed by atoms with Gasteiger partial charge in [-0.25, -0.2) is 0 Å². The van der Waals surface area contributed by atoms with E-state index in [0.29, 0.717) is 11.6 Å². The molecule has 0 bridgehead atoms. The Labute approximate surface area is 86.5 Å². The van der Waals surface area contributed by atoms with Crippen molar-refractivity contribution in [3.05, 3.63) is 23.0 Å². The number of hydrogen-bond acceptors (Lipinski definition) is 3. The molecule has 0 spiro atoms. The highest BCUT2D eigenvalue weighted by Gasteiger charge is 1.92. The third-order valence-corrected chi connectivity index (χ3v) is 2.02. The van der Waals surface area contributed by atoms with E-state index in [1.165, 1.54) is 5.54 Å². The Hall–Kier alpha value is -0.580. The van der Waals surface area contributed by atoms with Crippen LogP contribution in [0.25, 0.3) is 0 Å². The molecule has 0 radical (unpaired) electrons. The summed E-state index contributed by atoms with van der Waals surface area (Å²) < 4.78 is 1.74. The first kappa shape index (κ1) is 10.5. The largest absolute Gasteiger partial charge is 0.310 e. The number of rotatable bonds is 5. The molecule has 0 aliphatic rings. The summed E-state index contributed by atoms with van der Waals surface area (Å²) in [5.41, 5.74) is 1.35.